The Kier molecular flexibility index (Phi) is 3.42. The second-order valence-corrected chi connectivity index (χ2v) is 2.97. The van der Waals surface area contributed by atoms with E-state index < -0.39 is 0 Å². The summed E-state index contributed by atoms with van der Waals surface area (Å²) < 4.78 is 8.74. The first kappa shape index (κ1) is 8.59. The minimum absolute atomic E-state index is 0.0365. The lowest BCUT2D eigenvalue weighted by Gasteiger charge is -2.08. The van der Waals surface area contributed by atoms with Crippen molar-refractivity contribution in [2.45, 2.75) is 5.25 Å². The molecule has 1 rings (SSSR count). The molecule has 0 aliphatic heterocycles. The largest absolute Gasteiger partial charge is 0.395 e. The van der Waals surface area contributed by atoms with Gasteiger partial charge in [0.2, 0.25) is 0 Å². The Morgan fingerprint density at radius 1 is 1.27 bits per heavy atom. The van der Waals surface area contributed by atoms with Crippen molar-refractivity contribution < 1.29 is 9.66 Å². The van der Waals surface area contributed by atoms with Crippen LogP contribution in [0.1, 0.15) is 10.8 Å². The molecule has 0 radical (unpaired) electrons. The number of benzene rings is 1. The molecular weight excluding hydrogens is 160 g/mol. The van der Waals surface area contributed by atoms with Gasteiger partial charge >= 0.3 is 0 Å². The van der Waals surface area contributed by atoms with Crippen molar-refractivity contribution in [1.82, 2.24) is 0 Å². The minimum Gasteiger partial charge on any atom is -0.395 e. The van der Waals surface area contributed by atoms with Gasteiger partial charge < -0.3 is 9.66 Å². The van der Waals surface area contributed by atoms with Crippen LogP contribution >= 0.6 is 12.0 Å². The Balaban J connectivity index is 2.74. The van der Waals surface area contributed by atoms with Gasteiger partial charge in [-0.15, -0.1) is 0 Å². The van der Waals surface area contributed by atoms with E-state index in [4.69, 9.17) is 9.66 Å². The van der Waals surface area contributed by atoms with E-state index in [2.05, 4.69) is 0 Å². The lowest BCUT2D eigenvalue weighted by Crippen LogP contribution is -1.97. The van der Waals surface area contributed by atoms with Crippen LogP contribution < -0.4 is 0 Å². The third-order valence-corrected chi connectivity index (χ3v) is 2.14. The Hall–Kier alpha value is -0.510. The summed E-state index contributed by atoms with van der Waals surface area (Å²) in [6.07, 6.45) is 0. The van der Waals surface area contributed by atoms with Crippen LogP contribution in [0.5, 0.6) is 0 Å². The first-order valence-electron chi connectivity index (χ1n) is 3.34. The highest BCUT2D eigenvalue weighted by molar-refractivity contribution is 7.94. The van der Waals surface area contributed by atoms with Crippen molar-refractivity contribution in [3.8, 4) is 0 Å². The molecule has 2 N–H and O–H groups in total. The second-order valence-electron chi connectivity index (χ2n) is 2.19. The Morgan fingerprint density at radius 2 is 1.91 bits per heavy atom. The van der Waals surface area contributed by atoms with Gasteiger partial charge in [-0.3, -0.25) is 0 Å². The van der Waals surface area contributed by atoms with Gasteiger partial charge in [0.15, 0.2) is 0 Å². The predicted molar refractivity (Wildman–Crippen MR) is 46.5 cm³/mol. The average molecular weight is 170 g/mol. The van der Waals surface area contributed by atoms with Crippen molar-refractivity contribution in [3.63, 3.8) is 0 Å². The lowest BCUT2D eigenvalue weighted by atomic mass is 10.2. The maximum Gasteiger partial charge on any atom is 0.0788 e. The highest BCUT2D eigenvalue weighted by Crippen LogP contribution is 2.24. The summed E-state index contributed by atoms with van der Waals surface area (Å²) >= 11 is 0.673. The van der Waals surface area contributed by atoms with Gasteiger partial charge in [0.1, 0.15) is 0 Å². The summed E-state index contributed by atoms with van der Waals surface area (Å²) in [5.74, 6) is 0. The first-order valence-corrected chi connectivity index (χ1v) is 4.18. The number of hydrogen-bond acceptors (Lipinski definition) is 3. The van der Waals surface area contributed by atoms with Crippen molar-refractivity contribution >= 4 is 12.0 Å². The lowest BCUT2D eigenvalue weighted by molar-refractivity contribution is 0.294. The fraction of sp³-hybridized carbons (Fsp3) is 0.250. The zero-order valence-electron chi connectivity index (χ0n) is 5.97. The van der Waals surface area contributed by atoms with Crippen molar-refractivity contribution in [1.29, 1.82) is 0 Å². The fourth-order valence-corrected chi connectivity index (χ4v) is 1.21. The minimum atomic E-state index is -0.212. The van der Waals surface area contributed by atoms with Crippen LogP contribution in [0.3, 0.4) is 0 Å². The quantitative estimate of drug-likeness (QED) is 0.681. The monoisotopic (exact) mass is 170 g/mol. The second kappa shape index (κ2) is 4.38. The van der Waals surface area contributed by atoms with E-state index in [1.165, 1.54) is 0 Å². The van der Waals surface area contributed by atoms with Crippen molar-refractivity contribution in [3.05, 3.63) is 35.9 Å². The molecule has 0 aliphatic carbocycles. The summed E-state index contributed by atoms with van der Waals surface area (Å²) in [6.45, 7) is -0.0365. The molecule has 0 amide bonds. The van der Waals surface area contributed by atoms with Crippen LogP contribution in [0.2, 0.25) is 0 Å². The molecule has 1 aromatic rings. The van der Waals surface area contributed by atoms with E-state index in [1.807, 2.05) is 30.3 Å². The standard InChI is InChI=1S/C8H10O2S/c9-6-8(11-10)7-4-2-1-3-5-7/h1-5,8-10H,6H2. The van der Waals surface area contributed by atoms with Gasteiger partial charge in [0, 0.05) is 0 Å². The Morgan fingerprint density at radius 3 is 2.36 bits per heavy atom. The molecule has 0 aliphatic rings. The molecule has 2 nitrogen and oxygen atoms in total. The van der Waals surface area contributed by atoms with E-state index in [-0.39, 0.29) is 11.9 Å². The molecule has 11 heavy (non-hydrogen) atoms. The molecule has 0 spiro atoms. The third-order valence-electron chi connectivity index (χ3n) is 1.46. The molecule has 3 heteroatoms. The normalized spacial score (nSPS) is 12.9. The summed E-state index contributed by atoms with van der Waals surface area (Å²) in [5.41, 5.74) is 0.947. The summed E-state index contributed by atoms with van der Waals surface area (Å²) in [5, 5.41) is 8.59. The van der Waals surface area contributed by atoms with Crippen molar-refractivity contribution in [2.75, 3.05) is 6.61 Å². The topological polar surface area (TPSA) is 40.5 Å². The van der Waals surface area contributed by atoms with Gasteiger partial charge in [-0.2, -0.15) is 0 Å². The van der Waals surface area contributed by atoms with E-state index >= 15 is 0 Å². The molecule has 0 saturated heterocycles. The first-order chi connectivity index (χ1) is 5.38. The molecule has 0 heterocycles. The van der Waals surface area contributed by atoms with Crippen LogP contribution in [-0.2, 0) is 0 Å². The smallest absolute Gasteiger partial charge is 0.0788 e. The van der Waals surface area contributed by atoms with E-state index in [0.717, 1.165) is 5.56 Å². The van der Waals surface area contributed by atoms with Gasteiger partial charge in [0.25, 0.3) is 0 Å². The number of aliphatic hydroxyl groups excluding tert-OH is 1. The van der Waals surface area contributed by atoms with E-state index in [1.54, 1.807) is 0 Å². The van der Waals surface area contributed by atoms with E-state index in [0.29, 0.717) is 12.0 Å². The van der Waals surface area contributed by atoms with Gasteiger partial charge in [0.05, 0.1) is 11.9 Å². The van der Waals surface area contributed by atoms with Crippen LogP contribution in [-0.4, -0.2) is 16.3 Å². The van der Waals surface area contributed by atoms with Gasteiger partial charge in [-0.25, -0.2) is 0 Å². The maximum atomic E-state index is 8.80. The number of aliphatic hydroxyl groups is 1. The van der Waals surface area contributed by atoms with Crippen LogP contribution in [0, 0.1) is 0 Å². The van der Waals surface area contributed by atoms with Crippen molar-refractivity contribution in [2.24, 2.45) is 0 Å². The molecule has 1 unspecified atom stereocenters. The van der Waals surface area contributed by atoms with Crippen LogP contribution in [0.15, 0.2) is 30.3 Å². The zero-order chi connectivity index (χ0) is 8.10. The fourth-order valence-electron chi connectivity index (χ4n) is 0.867. The number of hydrogen-bond donors (Lipinski definition) is 2. The van der Waals surface area contributed by atoms with Crippen LogP contribution in [0.4, 0.5) is 0 Å². The molecule has 0 fully saturated rings. The van der Waals surface area contributed by atoms with Crippen LogP contribution in [0.25, 0.3) is 0 Å². The molecule has 0 aromatic heterocycles. The highest BCUT2D eigenvalue weighted by atomic mass is 32.2. The molecule has 0 saturated carbocycles. The number of rotatable bonds is 3. The third kappa shape index (κ3) is 2.22. The molecule has 1 atom stereocenters. The molecule has 60 valence electrons. The molecular formula is C8H10O2S. The SMILES string of the molecule is OCC(SO)c1ccccc1. The Labute approximate surface area is 70.1 Å². The molecule has 0 bridgehead atoms. The summed E-state index contributed by atoms with van der Waals surface area (Å²) in [7, 11) is 0. The summed E-state index contributed by atoms with van der Waals surface area (Å²) in [4.78, 5) is 0. The summed E-state index contributed by atoms with van der Waals surface area (Å²) in [6, 6.07) is 9.43. The zero-order valence-corrected chi connectivity index (χ0v) is 6.79. The maximum absolute atomic E-state index is 8.80. The van der Waals surface area contributed by atoms with E-state index in [9.17, 15) is 0 Å². The highest BCUT2D eigenvalue weighted by Gasteiger charge is 2.08. The predicted octanol–water partition coefficient (Wildman–Crippen LogP) is 1.93. The molecule has 1 aromatic carbocycles. The van der Waals surface area contributed by atoms with Gasteiger partial charge in [-0.05, 0) is 17.6 Å². The van der Waals surface area contributed by atoms with Gasteiger partial charge in [-0.1, -0.05) is 30.3 Å². The average Bonchev–Trinajstić information content (AvgIpc) is 2.09. The Bertz CT molecular complexity index is 197.